The normalized spacial score (nSPS) is 14.3. The number of carbonyl (C=O) groups is 4. The van der Waals surface area contributed by atoms with E-state index in [1.54, 1.807) is 0 Å². The Morgan fingerprint density at radius 2 is 0.516 bits per heavy atom. The van der Waals surface area contributed by atoms with Crippen molar-refractivity contribution in [3.05, 3.63) is 0 Å². The lowest BCUT2D eigenvalue weighted by Crippen LogP contribution is -2.30. The molecule has 0 aromatic carbocycles. The van der Waals surface area contributed by atoms with Crippen LogP contribution in [0.15, 0.2) is 0 Å². The van der Waals surface area contributed by atoms with Gasteiger partial charge in [-0.05, 0) is 31.6 Å². The highest BCUT2D eigenvalue weighted by molar-refractivity contribution is 7.47. The highest BCUT2D eigenvalue weighted by Gasteiger charge is 2.30. The molecule has 0 aliphatic heterocycles. The van der Waals surface area contributed by atoms with Crippen LogP contribution >= 0.6 is 15.6 Å². The molecule has 0 fully saturated rings. The molecule has 0 aliphatic rings. The fraction of sp³-hybridized carbons (Fsp3) is 0.946. The van der Waals surface area contributed by atoms with E-state index in [1.807, 2.05) is 0 Å². The van der Waals surface area contributed by atoms with E-state index in [0.717, 1.165) is 102 Å². The molecule has 0 saturated heterocycles. The van der Waals surface area contributed by atoms with E-state index in [1.165, 1.54) is 205 Å². The number of phosphoric acid groups is 2. The summed E-state index contributed by atoms with van der Waals surface area (Å²) in [6.45, 7) is 7.25. The van der Waals surface area contributed by atoms with Gasteiger partial charge in [0.1, 0.15) is 19.3 Å². The first-order valence-corrected chi connectivity index (χ1v) is 41.7. The third-order valence-corrected chi connectivity index (χ3v) is 19.5. The summed E-state index contributed by atoms with van der Waals surface area (Å²) >= 11 is 0. The van der Waals surface area contributed by atoms with Crippen molar-refractivity contribution < 1.29 is 80.2 Å². The van der Waals surface area contributed by atoms with Crippen molar-refractivity contribution in [3.8, 4) is 0 Å². The summed E-state index contributed by atoms with van der Waals surface area (Å²) in [4.78, 5) is 72.5. The molecule has 93 heavy (non-hydrogen) atoms. The molecule has 0 bridgehead atoms. The van der Waals surface area contributed by atoms with Crippen molar-refractivity contribution in [1.29, 1.82) is 0 Å². The zero-order valence-corrected chi connectivity index (χ0v) is 62.2. The number of aliphatic hydroxyl groups is 1. The first-order chi connectivity index (χ1) is 45.1. The Labute approximate surface area is 568 Å². The number of ether oxygens (including phenoxy) is 4. The summed E-state index contributed by atoms with van der Waals surface area (Å²) in [7, 11) is -9.90. The van der Waals surface area contributed by atoms with Gasteiger partial charge in [0.05, 0.1) is 26.4 Å². The Morgan fingerprint density at radius 1 is 0.301 bits per heavy atom. The van der Waals surface area contributed by atoms with Crippen molar-refractivity contribution in [2.24, 2.45) is 5.92 Å². The van der Waals surface area contributed by atoms with E-state index in [4.69, 9.17) is 37.0 Å². The van der Waals surface area contributed by atoms with Crippen LogP contribution in [-0.2, 0) is 65.4 Å². The molecule has 0 aromatic heterocycles. The molecular formula is C74H144O17P2. The standard InChI is InChI=1S/C74H144O17P2/c1-6-10-13-16-19-22-23-24-25-26-27-28-29-30-31-32-33-34-40-45-50-55-60-74(79)91-70(64-85-72(77)58-53-48-43-39-36-35-38-41-46-51-56-67(5)9-4)66-89-93(82,83)87-62-68(75)61-86-92(80,81)88-65-69(63-84-71(76)57-52-47-42-21-18-15-12-8-3)90-73(78)59-54-49-44-37-20-17-14-11-7-2/h67-70,75H,6-66H2,1-5H3,(H,80,81)(H,82,83)/t67?,68-,69+,70+/m0/s1. The molecule has 552 valence electrons. The van der Waals surface area contributed by atoms with Crippen LogP contribution < -0.4 is 0 Å². The Bertz CT molecular complexity index is 1790. The largest absolute Gasteiger partial charge is 0.472 e. The van der Waals surface area contributed by atoms with Crippen molar-refractivity contribution in [2.75, 3.05) is 39.6 Å². The van der Waals surface area contributed by atoms with Gasteiger partial charge in [0, 0.05) is 25.7 Å². The van der Waals surface area contributed by atoms with Gasteiger partial charge >= 0.3 is 39.5 Å². The van der Waals surface area contributed by atoms with E-state index < -0.39 is 97.5 Å². The number of rotatable bonds is 74. The van der Waals surface area contributed by atoms with Crippen LogP contribution in [0.2, 0.25) is 0 Å². The molecule has 0 amide bonds. The van der Waals surface area contributed by atoms with Crippen molar-refractivity contribution in [2.45, 2.75) is 406 Å². The average molecular weight is 1370 g/mol. The number of esters is 4. The van der Waals surface area contributed by atoms with Crippen LogP contribution in [0, 0.1) is 5.92 Å². The van der Waals surface area contributed by atoms with Gasteiger partial charge in [0.15, 0.2) is 12.2 Å². The Balaban J connectivity index is 5.14. The second-order valence-corrected chi connectivity index (χ2v) is 29.8. The maximum absolute atomic E-state index is 13.1. The van der Waals surface area contributed by atoms with Gasteiger partial charge in [-0.15, -0.1) is 0 Å². The summed E-state index contributed by atoms with van der Waals surface area (Å²) < 4.78 is 68.3. The van der Waals surface area contributed by atoms with Crippen LogP contribution in [0.5, 0.6) is 0 Å². The van der Waals surface area contributed by atoms with Gasteiger partial charge in [-0.2, -0.15) is 0 Å². The van der Waals surface area contributed by atoms with Crippen molar-refractivity contribution in [3.63, 3.8) is 0 Å². The van der Waals surface area contributed by atoms with Gasteiger partial charge in [0.2, 0.25) is 0 Å². The van der Waals surface area contributed by atoms with Crippen molar-refractivity contribution in [1.82, 2.24) is 0 Å². The fourth-order valence-electron chi connectivity index (χ4n) is 11.3. The molecule has 3 N–H and O–H groups in total. The molecule has 0 aromatic rings. The molecule has 17 nitrogen and oxygen atoms in total. The average Bonchev–Trinajstić information content (AvgIpc) is 3.63. The molecule has 19 heteroatoms. The molecule has 3 unspecified atom stereocenters. The van der Waals surface area contributed by atoms with E-state index in [2.05, 4.69) is 34.6 Å². The van der Waals surface area contributed by atoms with Crippen LogP contribution in [0.4, 0.5) is 0 Å². The van der Waals surface area contributed by atoms with Crippen molar-refractivity contribution >= 4 is 39.5 Å². The number of hydrogen-bond donors (Lipinski definition) is 3. The second-order valence-electron chi connectivity index (χ2n) is 26.9. The smallest absolute Gasteiger partial charge is 0.462 e. The monoisotopic (exact) mass is 1370 g/mol. The lowest BCUT2D eigenvalue weighted by atomic mass is 9.99. The zero-order chi connectivity index (χ0) is 68.4. The minimum Gasteiger partial charge on any atom is -0.462 e. The SMILES string of the molecule is CCCCCCCCCCCCCCCCCCCCCCCCC(=O)O[C@H](COC(=O)CCCCCCCCCCCCC(C)CC)COP(=O)(O)OC[C@@H](O)COP(=O)(O)OC[C@@H](COC(=O)CCCCCCCCCC)OC(=O)CCCCCCCCCCC. The van der Waals surface area contributed by atoms with E-state index >= 15 is 0 Å². The summed E-state index contributed by atoms with van der Waals surface area (Å²) in [6, 6.07) is 0. The van der Waals surface area contributed by atoms with Gasteiger partial charge in [-0.25, -0.2) is 9.13 Å². The third-order valence-electron chi connectivity index (χ3n) is 17.6. The highest BCUT2D eigenvalue weighted by atomic mass is 31.2. The van der Waals surface area contributed by atoms with Gasteiger partial charge in [-0.1, -0.05) is 336 Å². The molecule has 0 heterocycles. The maximum Gasteiger partial charge on any atom is 0.472 e. The maximum atomic E-state index is 13.1. The Hall–Kier alpha value is -1.94. The quantitative estimate of drug-likeness (QED) is 0.0222. The molecule has 0 aliphatic carbocycles. The van der Waals surface area contributed by atoms with Crippen LogP contribution in [0.3, 0.4) is 0 Å². The van der Waals surface area contributed by atoms with Crippen LogP contribution in [0.25, 0.3) is 0 Å². The summed E-state index contributed by atoms with van der Waals surface area (Å²) in [5.74, 6) is -1.31. The first-order valence-electron chi connectivity index (χ1n) is 38.7. The van der Waals surface area contributed by atoms with Crippen LogP contribution in [-0.4, -0.2) is 96.7 Å². The molecule has 0 radical (unpaired) electrons. The molecule has 0 rings (SSSR count). The molecule has 0 spiro atoms. The second kappa shape index (κ2) is 67.3. The summed E-state index contributed by atoms with van der Waals surface area (Å²) in [5, 5.41) is 10.6. The van der Waals surface area contributed by atoms with Crippen LogP contribution in [0.1, 0.15) is 388 Å². The topological polar surface area (TPSA) is 237 Å². The van der Waals surface area contributed by atoms with Gasteiger partial charge in [-0.3, -0.25) is 37.3 Å². The van der Waals surface area contributed by atoms with E-state index in [0.29, 0.717) is 25.7 Å². The fourth-order valence-corrected chi connectivity index (χ4v) is 12.9. The predicted octanol–water partition coefficient (Wildman–Crippen LogP) is 21.7. The number of aliphatic hydroxyl groups excluding tert-OH is 1. The lowest BCUT2D eigenvalue weighted by Gasteiger charge is -2.21. The lowest BCUT2D eigenvalue weighted by molar-refractivity contribution is -0.161. The highest BCUT2D eigenvalue weighted by Crippen LogP contribution is 2.45. The Morgan fingerprint density at radius 3 is 0.763 bits per heavy atom. The van der Waals surface area contributed by atoms with Gasteiger partial charge in [0.25, 0.3) is 0 Å². The predicted molar refractivity (Wildman–Crippen MR) is 377 cm³/mol. The number of phosphoric ester groups is 2. The van der Waals surface area contributed by atoms with E-state index in [-0.39, 0.29) is 25.7 Å². The molecular weight excluding hydrogens is 1220 g/mol. The minimum atomic E-state index is -4.95. The summed E-state index contributed by atoms with van der Waals surface area (Å²) in [6.07, 6.45) is 55.7. The Kier molecular flexibility index (Phi) is 65.9. The van der Waals surface area contributed by atoms with E-state index in [9.17, 15) is 43.2 Å². The minimum absolute atomic E-state index is 0.106. The zero-order valence-electron chi connectivity index (χ0n) is 60.4. The van der Waals surface area contributed by atoms with Gasteiger partial charge < -0.3 is 33.8 Å². The molecule has 6 atom stereocenters. The number of carbonyl (C=O) groups excluding carboxylic acids is 4. The third kappa shape index (κ3) is 67.0. The number of hydrogen-bond acceptors (Lipinski definition) is 15. The number of unbranched alkanes of at least 4 members (excludes halogenated alkanes) is 45. The molecule has 0 saturated carbocycles. The first kappa shape index (κ1) is 91.1. The summed E-state index contributed by atoms with van der Waals surface area (Å²) in [5.41, 5.74) is 0.